The molecule has 3 aromatic carbocycles. The van der Waals surface area contributed by atoms with Crippen LogP contribution >= 0.6 is 0 Å². The van der Waals surface area contributed by atoms with E-state index in [1.807, 2.05) is 47.0 Å². The van der Waals surface area contributed by atoms with Crippen LogP contribution in [0.5, 0.6) is 11.5 Å². The van der Waals surface area contributed by atoms with E-state index >= 15 is 0 Å². The van der Waals surface area contributed by atoms with Gasteiger partial charge in [-0.2, -0.15) is 0 Å². The first-order valence-electron chi connectivity index (χ1n) is 12.1. The molecule has 1 amide bonds. The average Bonchev–Trinajstić information content (AvgIpc) is 3.31. The molecule has 1 aliphatic rings. The number of para-hydroxylation sites is 1. The van der Waals surface area contributed by atoms with E-state index in [1.165, 1.54) is 12.1 Å². The van der Waals surface area contributed by atoms with Gasteiger partial charge < -0.3 is 23.8 Å². The second-order valence-corrected chi connectivity index (χ2v) is 8.99. The van der Waals surface area contributed by atoms with Gasteiger partial charge in [0.2, 0.25) is 0 Å². The maximum Gasteiger partial charge on any atom is 0.295 e. The lowest BCUT2D eigenvalue weighted by Crippen LogP contribution is -2.50. The number of ether oxygens (including phenoxy) is 2. The summed E-state index contributed by atoms with van der Waals surface area (Å²) in [5.41, 5.74) is 3.07. The number of anilines is 1. The van der Waals surface area contributed by atoms with Crippen LogP contribution in [0, 0.1) is 5.82 Å². The molecule has 0 saturated carbocycles. The first kappa shape index (κ1) is 24.4. The number of hydrogen-bond donors (Lipinski definition) is 0. The van der Waals surface area contributed by atoms with Crippen LogP contribution in [0.2, 0.25) is 0 Å². The van der Waals surface area contributed by atoms with Gasteiger partial charge in [-0.3, -0.25) is 9.59 Å². The van der Waals surface area contributed by atoms with Gasteiger partial charge in [0.15, 0.2) is 0 Å². The van der Waals surface area contributed by atoms with Crippen LogP contribution in [0.15, 0.2) is 72.9 Å². The predicted molar refractivity (Wildman–Crippen MR) is 140 cm³/mol. The first-order valence-corrected chi connectivity index (χ1v) is 12.1. The molecule has 0 atom stereocenters. The number of halogens is 1. The third-order valence-electron chi connectivity index (χ3n) is 6.76. The van der Waals surface area contributed by atoms with Crippen LogP contribution in [0.4, 0.5) is 10.1 Å². The van der Waals surface area contributed by atoms with E-state index in [-0.39, 0.29) is 5.82 Å². The minimum absolute atomic E-state index is 0.298. The number of benzene rings is 3. The molecule has 0 aliphatic carbocycles. The lowest BCUT2D eigenvalue weighted by Gasteiger charge is -2.36. The van der Waals surface area contributed by atoms with Gasteiger partial charge in [0.25, 0.3) is 11.7 Å². The molecule has 5 rings (SSSR count). The number of ketones is 1. The highest BCUT2D eigenvalue weighted by Gasteiger charge is 2.29. The number of amides is 1. The van der Waals surface area contributed by atoms with E-state index in [9.17, 15) is 14.0 Å². The summed E-state index contributed by atoms with van der Waals surface area (Å²) in [6.07, 6.45) is 1.73. The molecule has 0 bridgehead atoms. The number of piperazine rings is 1. The molecule has 0 spiro atoms. The normalized spacial score (nSPS) is 13.6. The number of methoxy groups -OCH3 is 2. The summed E-state index contributed by atoms with van der Waals surface area (Å²) < 4.78 is 26.0. The highest BCUT2D eigenvalue weighted by atomic mass is 19.1. The molecule has 1 fully saturated rings. The van der Waals surface area contributed by atoms with Crippen molar-refractivity contribution in [3.63, 3.8) is 0 Å². The van der Waals surface area contributed by atoms with Crippen LogP contribution in [0.1, 0.15) is 15.9 Å². The van der Waals surface area contributed by atoms with Gasteiger partial charge in [-0.15, -0.1) is 0 Å². The number of nitrogens with zero attached hydrogens (tertiary/aromatic N) is 3. The third-order valence-corrected chi connectivity index (χ3v) is 6.76. The zero-order valence-corrected chi connectivity index (χ0v) is 20.8. The molecular formula is C29H28FN3O4. The molecule has 0 N–H and O–H groups in total. The molecule has 1 aliphatic heterocycles. The fourth-order valence-electron chi connectivity index (χ4n) is 4.75. The Kier molecular flexibility index (Phi) is 6.81. The van der Waals surface area contributed by atoms with Gasteiger partial charge in [-0.05, 0) is 23.8 Å². The van der Waals surface area contributed by atoms with Crippen molar-refractivity contribution in [2.75, 3.05) is 45.3 Å². The van der Waals surface area contributed by atoms with Crippen molar-refractivity contribution in [1.29, 1.82) is 0 Å². The highest BCUT2D eigenvalue weighted by molar-refractivity contribution is 6.44. The fraction of sp³-hybridized carbons (Fsp3) is 0.241. The van der Waals surface area contributed by atoms with Crippen LogP contribution in [-0.4, -0.2) is 61.6 Å². The maximum absolute atomic E-state index is 13.4. The monoisotopic (exact) mass is 501 g/mol. The lowest BCUT2D eigenvalue weighted by molar-refractivity contribution is -0.126. The topological polar surface area (TPSA) is 64.0 Å². The molecule has 8 heteroatoms. The van der Waals surface area contributed by atoms with E-state index in [2.05, 4.69) is 4.90 Å². The van der Waals surface area contributed by atoms with Crippen molar-refractivity contribution in [1.82, 2.24) is 9.47 Å². The van der Waals surface area contributed by atoms with Gasteiger partial charge in [0.05, 0.1) is 19.8 Å². The van der Waals surface area contributed by atoms with Crippen LogP contribution in [0.3, 0.4) is 0 Å². The minimum atomic E-state index is -0.523. The summed E-state index contributed by atoms with van der Waals surface area (Å²) in [6, 6.07) is 19.5. The molecular weight excluding hydrogens is 473 g/mol. The average molecular weight is 502 g/mol. The van der Waals surface area contributed by atoms with Gasteiger partial charge in [0.1, 0.15) is 17.3 Å². The van der Waals surface area contributed by atoms with Crippen molar-refractivity contribution < 1.29 is 23.5 Å². The van der Waals surface area contributed by atoms with Crippen LogP contribution < -0.4 is 14.4 Å². The summed E-state index contributed by atoms with van der Waals surface area (Å²) in [6.45, 7) is 2.49. The standard InChI is InChI=1S/C29H28FN3O4/c1-36-23-15-22(16-24(17-23)37-2)31-11-13-32(14-12-31)29(35)28(34)26-19-33(27-6-4-3-5-25(26)27)18-20-7-9-21(30)10-8-20/h3-10,15-17,19H,11-14,18H2,1-2H3. The number of fused-ring (bicyclic) bond motifs is 1. The van der Waals surface area contributed by atoms with Gasteiger partial charge in [-0.1, -0.05) is 30.3 Å². The van der Waals surface area contributed by atoms with Crippen molar-refractivity contribution >= 4 is 28.3 Å². The Bertz CT molecular complexity index is 1420. The largest absolute Gasteiger partial charge is 0.497 e. The van der Waals surface area contributed by atoms with E-state index in [1.54, 1.807) is 37.4 Å². The molecule has 0 unspecified atom stereocenters. The quantitative estimate of drug-likeness (QED) is 0.278. The molecule has 2 heterocycles. The number of carbonyl (C=O) groups excluding carboxylic acids is 2. The Hall–Kier alpha value is -4.33. The number of hydrogen-bond acceptors (Lipinski definition) is 5. The summed E-state index contributed by atoms with van der Waals surface area (Å²) >= 11 is 0. The lowest BCUT2D eigenvalue weighted by atomic mass is 10.1. The smallest absolute Gasteiger partial charge is 0.295 e. The van der Waals surface area contributed by atoms with E-state index < -0.39 is 11.7 Å². The number of carbonyl (C=O) groups is 2. The Morgan fingerprint density at radius 1 is 0.865 bits per heavy atom. The summed E-state index contributed by atoms with van der Waals surface area (Å²) in [5.74, 6) is 0.0615. The molecule has 1 saturated heterocycles. The molecule has 0 radical (unpaired) electrons. The molecule has 7 nitrogen and oxygen atoms in total. The van der Waals surface area contributed by atoms with Gasteiger partial charge >= 0.3 is 0 Å². The number of aromatic nitrogens is 1. The second kappa shape index (κ2) is 10.3. The molecule has 37 heavy (non-hydrogen) atoms. The summed E-state index contributed by atoms with van der Waals surface area (Å²) in [5, 5.41) is 0.727. The maximum atomic E-state index is 13.4. The zero-order valence-electron chi connectivity index (χ0n) is 20.8. The predicted octanol–water partition coefficient (Wildman–Crippen LogP) is 4.38. The Morgan fingerprint density at radius 3 is 2.16 bits per heavy atom. The minimum Gasteiger partial charge on any atom is -0.497 e. The van der Waals surface area contributed by atoms with Crippen LogP contribution in [0.25, 0.3) is 10.9 Å². The SMILES string of the molecule is COc1cc(OC)cc(N2CCN(C(=O)C(=O)c3cn(Cc4ccc(F)cc4)c4ccccc34)CC2)c1. The van der Waals surface area contributed by atoms with E-state index in [0.717, 1.165) is 22.2 Å². The van der Waals surface area contributed by atoms with Crippen molar-refractivity contribution in [3.05, 3.63) is 89.9 Å². The Morgan fingerprint density at radius 2 is 1.51 bits per heavy atom. The molecule has 1 aromatic heterocycles. The third kappa shape index (κ3) is 5.00. The number of Topliss-reactive ketones (excluding diaryl/α,β-unsaturated/α-hetero) is 1. The van der Waals surface area contributed by atoms with Crippen molar-refractivity contribution in [2.45, 2.75) is 6.54 Å². The zero-order chi connectivity index (χ0) is 25.9. The molecule has 4 aromatic rings. The number of rotatable bonds is 7. The summed E-state index contributed by atoms with van der Waals surface area (Å²) in [7, 11) is 3.22. The highest BCUT2D eigenvalue weighted by Crippen LogP contribution is 2.29. The summed E-state index contributed by atoms with van der Waals surface area (Å²) in [4.78, 5) is 30.4. The van der Waals surface area contributed by atoms with E-state index in [4.69, 9.17) is 9.47 Å². The Labute approximate surface area is 214 Å². The van der Waals surface area contributed by atoms with E-state index in [0.29, 0.717) is 49.8 Å². The Balaban J connectivity index is 1.32. The fourth-order valence-corrected chi connectivity index (χ4v) is 4.75. The van der Waals surface area contributed by atoms with Crippen LogP contribution in [-0.2, 0) is 11.3 Å². The second-order valence-electron chi connectivity index (χ2n) is 8.99. The van der Waals surface area contributed by atoms with Gasteiger partial charge in [0, 0.05) is 73.7 Å². The first-order chi connectivity index (χ1) is 18.0. The van der Waals surface area contributed by atoms with Gasteiger partial charge in [-0.25, -0.2) is 4.39 Å². The molecule has 190 valence electrons. The van der Waals surface area contributed by atoms with Crippen molar-refractivity contribution in [2.24, 2.45) is 0 Å². The van der Waals surface area contributed by atoms with Crippen molar-refractivity contribution in [3.8, 4) is 11.5 Å².